The Kier molecular flexibility index (Phi) is 5.51. The molecule has 0 aliphatic rings. The Morgan fingerprint density at radius 2 is 1.50 bits per heavy atom. The molecule has 0 fully saturated rings. The number of carbonyl (C=O) groups is 1. The molecule has 0 heterocycles. The van der Waals surface area contributed by atoms with E-state index in [1.54, 1.807) is 0 Å². The maximum Gasteiger partial charge on any atom is 0.303 e. The van der Waals surface area contributed by atoms with Gasteiger partial charge in [0.15, 0.2) is 0 Å². The summed E-state index contributed by atoms with van der Waals surface area (Å²) in [4.78, 5) is 10.3. The van der Waals surface area contributed by atoms with Crippen molar-refractivity contribution < 1.29 is 19.5 Å². The Hall–Kier alpha value is -0.530. The van der Waals surface area contributed by atoms with Crippen LogP contribution in [0.1, 0.15) is 93.4 Å². The van der Waals surface area contributed by atoms with Crippen LogP contribution in [0.2, 0.25) is 0 Å². The van der Waals surface area contributed by atoms with Crippen molar-refractivity contribution in [3.05, 3.63) is 0 Å². The summed E-state index contributed by atoms with van der Waals surface area (Å²) in [6.45, 7) is -2.97. The van der Waals surface area contributed by atoms with E-state index >= 15 is 0 Å². The SMILES string of the molecule is [2H]C([2H])([2H])C([2H])([2H])C([2H])([2H])CCCCCCCCCCC(=O)O. The fraction of sp³-hybridized carbons (Fsp3) is 0.929. The predicted octanol–water partition coefficient (Wildman–Crippen LogP) is 4.77. The second-order valence-corrected chi connectivity index (χ2v) is 4.02. The third kappa shape index (κ3) is 13.5. The molecule has 2 nitrogen and oxygen atoms in total. The third-order valence-corrected chi connectivity index (χ3v) is 2.53. The summed E-state index contributed by atoms with van der Waals surface area (Å²) in [5, 5.41) is 8.49. The average molecular weight is 235 g/mol. The van der Waals surface area contributed by atoms with Crippen LogP contribution in [-0.2, 0) is 4.79 Å². The molecule has 0 bridgehead atoms. The number of unbranched alkanes of at least 4 members (excludes halogenated alkanes) is 7. The normalized spacial score (nSPS) is 19.6. The molecule has 1 N–H and O–H groups in total. The zero-order valence-electron chi connectivity index (χ0n) is 16.9. The van der Waals surface area contributed by atoms with E-state index in [0.717, 1.165) is 38.5 Å². The van der Waals surface area contributed by atoms with E-state index in [9.17, 15) is 4.79 Å². The van der Waals surface area contributed by atoms with Gasteiger partial charge in [0.05, 0.1) is 0 Å². The summed E-state index contributed by atoms with van der Waals surface area (Å²) in [5.74, 6) is -0.767. The van der Waals surface area contributed by atoms with E-state index in [1.807, 2.05) is 0 Å². The number of aliphatic carboxylic acids is 1. The summed E-state index contributed by atoms with van der Waals surface area (Å²) < 4.78 is 51.8. The first-order chi connectivity index (χ1) is 10.4. The smallest absolute Gasteiger partial charge is 0.303 e. The molecule has 0 spiro atoms. The molecule has 0 saturated heterocycles. The molecule has 0 aromatic heterocycles. The maximum atomic E-state index is 10.3. The highest BCUT2D eigenvalue weighted by Gasteiger charge is 1.96. The van der Waals surface area contributed by atoms with Gasteiger partial charge >= 0.3 is 5.97 Å². The lowest BCUT2D eigenvalue weighted by atomic mass is 10.1. The van der Waals surface area contributed by atoms with Crippen molar-refractivity contribution in [2.75, 3.05) is 0 Å². The molecular formula is C14H28O2. The molecule has 0 saturated carbocycles. The molecule has 0 aromatic carbocycles. The number of carboxylic acids is 1. The Morgan fingerprint density at radius 1 is 1.00 bits per heavy atom. The van der Waals surface area contributed by atoms with Crippen molar-refractivity contribution in [3.63, 3.8) is 0 Å². The van der Waals surface area contributed by atoms with Gasteiger partial charge in [0.2, 0.25) is 0 Å². The van der Waals surface area contributed by atoms with E-state index in [1.165, 1.54) is 0 Å². The Labute approximate surface area is 110 Å². The van der Waals surface area contributed by atoms with Gasteiger partial charge in [-0.2, -0.15) is 0 Å². The second kappa shape index (κ2) is 12.5. The Balaban J connectivity index is 3.77. The van der Waals surface area contributed by atoms with Gasteiger partial charge in [0, 0.05) is 16.0 Å². The minimum absolute atomic E-state index is 0.100. The van der Waals surface area contributed by atoms with Gasteiger partial charge in [0.1, 0.15) is 0 Å². The summed E-state index contributed by atoms with van der Waals surface area (Å²) in [7, 11) is 0. The largest absolute Gasteiger partial charge is 0.481 e. The van der Waals surface area contributed by atoms with Gasteiger partial charge in [-0.3, -0.25) is 4.79 Å². The summed E-state index contributed by atoms with van der Waals surface area (Å²) in [6, 6.07) is 0. The first-order valence-corrected chi connectivity index (χ1v) is 6.13. The van der Waals surface area contributed by atoms with Crippen LogP contribution in [0.15, 0.2) is 0 Å². The van der Waals surface area contributed by atoms with Gasteiger partial charge < -0.3 is 5.11 Å². The van der Waals surface area contributed by atoms with E-state index < -0.39 is 25.6 Å². The molecular weight excluding hydrogens is 200 g/mol. The molecule has 0 amide bonds. The molecule has 0 rings (SSSR count). The zero-order valence-corrected chi connectivity index (χ0v) is 9.93. The predicted molar refractivity (Wildman–Crippen MR) is 68.7 cm³/mol. The monoisotopic (exact) mass is 235 g/mol. The van der Waals surface area contributed by atoms with Crippen LogP contribution >= 0.6 is 0 Å². The minimum atomic E-state index is -2.97. The van der Waals surface area contributed by atoms with Crippen LogP contribution in [-0.4, -0.2) is 11.1 Å². The number of hydrogen-bond donors (Lipinski definition) is 1. The van der Waals surface area contributed by atoms with Crippen molar-refractivity contribution in [3.8, 4) is 0 Å². The molecule has 0 aliphatic heterocycles. The van der Waals surface area contributed by atoms with Crippen molar-refractivity contribution in [1.82, 2.24) is 0 Å². The highest BCUT2D eigenvalue weighted by molar-refractivity contribution is 5.66. The molecule has 2 heteroatoms. The van der Waals surface area contributed by atoms with Gasteiger partial charge in [-0.1, -0.05) is 71.0 Å². The topological polar surface area (TPSA) is 37.3 Å². The van der Waals surface area contributed by atoms with Crippen LogP contribution < -0.4 is 0 Å². The van der Waals surface area contributed by atoms with Gasteiger partial charge in [-0.15, -0.1) is 0 Å². The van der Waals surface area contributed by atoms with Gasteiger partial charge in [-0.25, -0.2) is 0 Å². The Bertz CT molecular complexity index is 354. The standard InChI is InChI=1S/C14H28O2/c1-2-3-4-5-6-7-8-9-10-11-12-13-14(15)16/h2-13H2,1H3,(H,15,16)/i1D3,2D2,3D2. The minimum Gasteiger partial charge on any atom is -0.481 e. The first kappa shape index (κ1) is 7.03. The average Bonchev–Trinajstić information content (AvgIpc) is 2.39. The van der Waals surface area contributed by atoms with Crippen LogP contribution in [0.25, 0.3) is 0 Å². The van der Waals surface area contributed by atoms with Crippen LogP contribution in [0.3, 0.4) is 0 Å². The lowest BCUT2D eigenvalue weighted by Gasteiger charge is -2.01. The fourth-order valence-electron chi connectivity index (χ4n) is 1.61. The van der Waals surface area contributed by atoms with Crippen LogP contribution in [0, 0.1) is 0 Å². The molecule has 0 radical (unpaired) electrons. The quantitative estimate of drug-likeness (QED) is 0.495. The summed E-state index contributed by atoms with van der Waals surface area (Å²) in [6.07, 6.45) is 1.55. The van der Waals surface area contributed by atoms with Crippen LogP contribution in [0.5, 0.6) is 0 Å². The third-order valence-electron chi connectivity index (χ3n) is 2.53. The lowest BCUT2D eigenvalue weighted by Crippen LogP contribution is -1.93. The van der Waals surface area contributed by atoms with Crippen molar-refractivity contribution >= 4 is 5.97 Å². The summed E-state index contributed by atoms with van der Waals surface area (Å²) >= 11 is 0. The van der Waals surface area contributed by atoms with E-state index in [-0.39, 0.29) is 12.8 Å². The van der Waals surface area contributed by atoms with Crippen LogP contribution in [0.4, 0.5) is 0 Å². The number of rotatable bonds is 12. The van der Waals surface area contributed by atoms with Crippen molar-refractivity contribution in [2.45, 2.75) is 83.8 Å². The van der Waals surface area contributed by atoms with E-state index in [4.69, 9.17) is 14.7 Å². The maximum absolute atomic E-state index is 10.3. The zero-order chi connectivity index (χ0) is 18.1. The number of hydrogen-bond acceptors (Lipinski definition) is 1. The van der Waals surface area contributed by atoms with E-state index in [0.29, 0.717) is 12.8 Å². The van der Waals surface area contributed by atoms with Gasteiger partial charge in [0.25, 0.3) is 0 Å². The molecule has 16 heavy (non-hydrogen) atoms. The van der Waals surface area contributed by atoms with Crippen molar-refractivity contribution in [1.29, 1.82) is 0 Å². The molecule has 0 atom stereocenters. The lowest BCUT2D eigenvalue weighted by molar-refractivity contribution is -0.137. The van der Waals surface area contributed by atoms with Crippen molar-refractivity contribution in [2.24, 2.45) is 0 Å². The van der Waals surface area contributed by atoms with Gasteiger partial charge in [-0.05, 0) is 6.42 Å². The molecule has 0 aliphatic carbocycles. The molecule has 0 aromatic rings. The second-order valence-electron chi connectivity index (χ2n) is 4.02. The Morgan fingerprint density at radius 3 is 2.00 bits per heavy atom. The number of carboxylic acid groups (broad SMARTS) is 1. The molecule has 0 unspecified atom stereocenters. The molecule has 96 valence electrons. The first-order valence-electron chi connectivity index (χ1n) is 9.63. The highest BCUT2D eigenvalue weighted by Crippen LogP contribution is 2.11. The van der Waals surface area contributed by atoms with E-state index in [2.05, 4.69) is 0 Å². The summed E-state index contributed by atoms with van der Waals surface area (Å²) in [5.41, 5.74) is 0. The highest BCUT2D eigenvalue weighted by atomic mass is 16.4. The fourth-order valence-corrected chi connectivity index (χ4v) is 1.61.